The van der Waals surface area contributed by atoms with Crippen molar-refractivity contribution in [2.75, 3.05) is 4.81 Å². The van der Waals surface area contributed by atoms with E-state index < -0.39 is 0 Å². The predicted octanol–water partition coefficient (Wildman–Crippen LogP) is 10.4. The summed E-state index contributed by atoms with van der Waals surface area (Å²) in [5, 5.41) is 2.62. The number of benzene rings is 7. The van der Waals surface area contributed by atoms with Crippen LogP contribution in [0.1, 0.15) is 101 Å². The second-order valence-corrected chi connectivity index (χ2v) is 18.6. The molecule has 12 rings (SSSR count). The van der Waals surface area contributed by atoms with E-state index in [1.54, 1.807) is 0 Å². The molecule has 0 unspecified atom stereocenters. The second kappa shape index (κ2) is 10.9. The van der Waals surface area contributed by atoms with Crippen LogP contribution in [0.5, 0.6) is 11.5 Å². The van der Waals surface area contributed by atoms with Crippen molar-refractivity contribution in [2.45, 2.75) is 78.6 Å². The highest BCUT2D eigenvalue weighted by Gasteiger charge is 2.52. The number of ether oxygens (including phenoxy) is 1. The minimum Gasteiger partial charge on any atom is -0.458 e. The van der Waals surface area contributed by atoms with Crippen LogP contribution >= 0.6 is 0 Å². The molecule has 0 saturated heterocycles. The fourth-order valence-electron chi connectivity index (χ4n) is 11.2. The lowest BCUT2D eigenvalue weighted by molar-refractivity contribution is 0.485. The van der Waals surface area contributed by atoms with E-state index in [9.17, 15) is 0 Å². The number of nitrogens with zero attached hydrogens (tertiary/aromatic N) is 1. The first-order valence-electron chi connectivity index (χ1n) is 20.8. The monoisotopic (exact) mass is 721 g/mol. The van der Waals surface area contributed by atoms with Crippen molar-refractivity contribution in [3.8, 4) is 44.9 Å². The standard InChI is InChI=1S/C52H45B2NO/c1-27(2)31-13-16-35-37-18-20-46-49-51(37)55-50-38(36-17-14-32(28(3)4)23-43(36)54(55)42(35)22-31)21-33(29(5)6)24-45(50)53(49)44-25-39-41(26-47(44)56-46)52(7,8)40-19-15-30-11-9-10-12-34(30)48(39)40/h9-29H,1-8H3. The summed E-state index contributed by atoms with van der Waals surface area (Å²) >= 11 is 0. The van der Waals surface area contributed by atoms with Crippen molar-refractivity contribution in [2.24, 2.45) is 0 Å². The van der Waals surface area contributed by atoms with E-state index in [2.05, 4.69) is 169 Å². The summed E-state index contributed by atoms with van der Waals surface area (Å²) in [4.78, 5) is 2.76. The van der Waals surface area contributed by atoms with Gasteiger partial charge in [0, 0.05) is 27.9 Å². The van der Waals surface area contributed by atoms with Crippen molar-refractivity contribution in [3.63, 3.8) is 0 Å². The van der Waals surface area contributed by atoms with Crippen LogP contribution in [0, 0.1) is 0 Å². The van der Waals surface area contributed by atoms with Gasteiger partial charge < -0.3 is 9.55 Å². The van der Waals surface area contributed by atoms with Crippen LogP contribution in [0.25, 0.3) is 44.2 Å². The fourth-order valence-corrected chi connectivity index (χ4v) is 11.2. The lowest BCUT2D eigenvalue weighted by Crippen LogP contribution is -2.68. The first-order valence-corrected chi connectivity index (χ1v) is 20.8. The zero-order chi connectivity index (χ0) is 38.1. The number of hydrogen-bond donors (Lipinski definition) is 0. The third-order valence-electron chi connectivity index (χ3n) is 14.2. The second-order valence-electron chi connectivity index (χ2n) is 18.6. The molecule has 56 heavy (non-hydrogen) atoms. The number of anilines is 2. The zero-order valence-corrected chi connectivity index (χ0v) is 33.6. The molecule has 0 fully saturated rings. The normalized spacial score (nSPS) is 15.4. The maximum atomic E-state index is 7.21. The molecule has 0 amide bonds. The minimum absolute atomic E-state index is 0.0356. The molecule has 5 aliphatic rings. The van der Waals surface area contributed by atoms with Gasteiger partial charge in [0.2, 0.25) is 0 Å². The Morgan fingerprint density at radius 3 is 1.89 bits per heavy atom. The van der Waals surface area contributed by atoms with E-state index in [4.69, 9.17) is 4.74 Å². The van der Waals surface area contributed by atoms with E-state index in [-0.39, 0.29) is 19.0 Å². The Morgan fingerprint density at radius 2 is 1.18 bits per heavy atom. The molecule has 0 atom stereocenters. The molecule has 4 heteroatoms. The molecule has 7 aromatic rings. The zero-order valence-electron chi connectivity index (χ0n) is 33.6. The van der Waals surface area contributed by atoms with E-state index in [1.165, 1.54) is 111 Å². The first-order chi connectivity index (χ1) is 27.0. The SMILES string of the molecule is CC(C)c1ccc2c(c1)B1c3cc(C(C)C)ccc3-c3ccc4c5c3N1c1c(cc(C(C)C)cc1-2)B5c1cc2c(cc1O4)C(C)(C)c1ccc3ccccc3c1-2. The van der Waals surface area contributed by atoms with Crippen molar-refractivity contribution in [1.82, 2.24) is 0 Å². The third-order valence-corrected chi connectivity index (χ3v) is 14.2. The van der Waals surface area contributed by atoms with E-state index in [1.807, 2.05) is 0 Å². The average Bonchev–Trinajstić information content (AvgIpc) is 3.42. The Bertz CT molecular complexity index is 2930. The van der Waals surface area contributed by atoms with E-state index >= 15 is 0 Å². The Labute approximate surface area is 331 Å². The topological polar surface area (TPSA) is 12.5 Å². The van der Waals surface area contributed by atoms with E-state index in [0.717, 1.165) is 11.5 Å². The molecule has 270 valence electrons. The lowest BCUT2D eigenvalue weighted by atomic mass is 9.31. The minimum atomic E-state index is -0.145. The summed E-state index contributed by atoms with van der Waals surface area (Å²) in [5.74, 6) is 3.25. The van der Waals surface area contributed by atoms with Gasteiger partial charge in [-0.1, -0.05) is 140 Å². The predicted molar refractivity (Wildman–Crippen MR) is 239 cm³/mol. The molecule has 0 saturated carbocycles. The molecule has 0 radical (unpaired) electrons. The Balaban J connectivity index is 1.21. The van der Waals surface area contributed by atoms with Crippen molar-refractivity contribution in [1.29, 1.82) is 0 Å². The van der Waals surface area contributed by atoms with Gasteiger partial charge in [-0.15, -0.1) is 0 Å². The Hall–Kier alpha value is -5.47. The quantitative estimate of drug-likeness (QED) is 0.169. The molecule has 4 aliphatic heterocycles. The average molecular weight is 722 g/mol. The van der Waals surface area contributed by atoms with Crippen molar-refractivity contribution >= 4 is 63.0 Å². The van der Waals surface area contributed by atoms with Gasteiger partial charge >= 0.3 is 6.85 Å². The third kappa shape index (κ3) is 4.00. The molecule has 4 heterocycles. The van der Waals surface area contributed by atoms with E-state index in [0.29, 0.717) is 17.8 Å². The maximum Gasteiger partial charge on any atom is 0.329 e. The summed E-state index contributed by atoms with van der Waals surface area (Å²) in [5.41, 5.74) is 24.5. The van der Waals surface area contributed by atoms with Crippen molar-refractivity contribution in [3.05, 3.63) is 137 Å². The van der Waals surface area contributed by atoms with Gasteiger partial charge in [0.05, 0.1) is 0 Å². The van der Waals surface area contributed by atoms with Gasteiger partial charge in [-0.05, 0) is 130 Å². The molecule has 0 aromatic heterocycles. The number of fused-ring (bicyclic) bond motifs is 14. The summed E-state index contributed by atoms with van der Waals surface area (Å²) in [7, 11) is 0. The van der Waals surface area contributed by atoms with Gasteiger partial charge in [-0.2, -0.15) is 0 Å². The Morgan fingerprint density at radius 1 is 0.518 bits per heavy atom. The van der Waals surface area contributed by atoms with Crippen LogP contribution in [0.15, 0.2) is 109 Å². The van der Waals surface area contributed by atoms with Gasteiger partial charge in [-0.25, -0.2) is 0 Å². The smallest absolute Gasteiger partial charge is 0.329 e. The first kappa shape index (κ1) is 32.7. The summed E-state index contributed by atoms with van der Waals surface area (Å²) in [6, 6.07) is 42.9. The highest BCUT2D eigenvalue weighted by Crippen LogP contribution is 2.54. The van der Waals surface area contributed by atoms with Crippen LogP contribution < -0.4 is 36.9 Å². The fraction of sp³-hybridized carbons (Fsp3) is 0.231. The molecular weight excluding hydrogens is 676 g/mol. The summed E-state index contributed by atoms with van der Waals surface area (Å²) in [6.07, 6.45) is 0. The van der Waals surface area contributed by atoms with Gasteiger partial charge in [0.25, 0.3) is 6.71 Å². The summed E-state index contributed by atoms with van der Waals surface area (Å²) in [6.45, 7) is 18.9. The molecular formula is C52H45B2NO. The van der Waals surface area contributed by atoms with Crippen LogP contribution in [0.3, 0.4) is 0 Å². The summed E-state index contributed by atoms with van der Waals surface area (Å²) < 4.78 is 7.21. The van der Waals surface area contributed by atoms with Gasteiger partial charge in [0.1, 0.15) is 11.5 Å². The molecule has 1 aliphatic carbocycles. The van der Waals surface area contributed by atoms with Crippen LogP contribution in [-0.2, 0) is 5.41 Å². The molecule has 2 nitrogen and oxygen atoms in total. The molecule has 0 bridgehead atoms. The number of hydrogen-bond acceptors (Lipinski definition) is 2. The van der Waals surface area contributed by atoms with Crippen LogP contribution in [0.2, 0.25) is 0 Å². The maximum absolute atomic E-state index is 7.21. The lowest BCUT2D eigenvalue weighted by Gasteiger charge is -2.50. The molecule has 0 N–H and O–H groups in total. The largest absolute Gasteiger partial charge is 0.458 e. The molecule has 0 spiro atoms. The molecule has 7 aromatic carbocycles. The van der Waals surface area contributed by atoms with Gasteiger partial charge in [0.15, 0.2) is 0 Å². The Kier molecular flexibility index (Phi) is 6.36. The highest BCUT2D eigenvalue weighted by atomic mass is 16.5. The highest BCUT2D eigenvalue weighted by molar-refractivity contribution is 7.02. The van der Waals surface area contributed by atoms with Crippen LogP contribution in [-0.4, -0.2) is 13.6 Å². The van der Waals surface area contributed by atoms with Gasteiger partial charge in [-0.3, -0.25) is 0 Å². The number of rotatable bonds is 3. The van der Waals surface area contributed by atoms with Crippen LogP contribution in [0.4, 0.5) is 11.4 Å². The van der Waals surface area contributed by atoms with Crippen molar-refractivity contribution < 1.29 is 4.74 Å².